The van der Waals surface area contributed by atoms with Crippen molar-refractivity contribution in [3.05, 3.63) is 0 Å². The highest BCUT2D eigenvalue weighted by Gasteiger charge is 2.29. The maximum atomic E-state index is 11.6. The van der Waals surface area contributed by atoms with Crippen molar-refractivity contribution in [1.29, 1.82) is 0 Å². The van der Waals surface area contributed by atoms with E-state index in [0.717, 1.165) is 0 Å². The maximum absolute atomic E-state index is 11.6. The molecular formula is C9H17Cl2N3O3. The van der Waals surface area contributed by atoms with Gasteiger partial charge in [0, 0.05) is 6.42 Å². The Morgan fingerprint density at radius 3 is 2.76 bits per heavy atom. The van der Waals surface area contributed by atoms with Gasteiger partial charge in [0.15, 0.2) is 6.29 Å². The average Bonchev–Trinajstić information content (AvgIpc) is 2.22. The minimum Gasteiger partial charge on any atom is -0.367 e. The predicted octanol–water partition coefficient (Wildman–Crippen LogP) is -0.942. The number of amides is 1. The summed E-state index contributed by atoms with van der Waals surface area (Å²) in [5.74, 6) is -0.353. The zero-order valence-electron chi connectivity index (χ0n) is 9.18. The molecule has 100 valence electrons. The Morgan fingerprint density at radius 2 is 2.24 bits per heavy atom. The molecular weight excluding hydrogens is 269 g/mol. The summed E-state index contributed by atoms with van der Waals surface area (Å²) in [6.07, 6.45) is -0.367. The van der Waals surface area contributed by atoms with Gasteiger partial charge in [-0.05, 0) is 6.42 Å². The number of nitrogens with two attached hydrogens (primary N) is 2. The molecule has 0 aromatic carbocycles. The van der Waals surface area contributed by atoms with E-state index in [1.54, 1.807) is 0 Å². The molecule has 1 aliphatic rings. The Balaban J connectivity index is 2.36. The second kappa shape index (κ2) is 6.72. The van der Waals surface area contributed by atoms with Crippen LogP contribution in [0.2, 0.25) is 0 Å². The smallest absolute Gasteiger partial charge is 0.237 e. The number of alkyl halides is 2. The van der Waals surface area contributed by atoms with Gasteiger partial charge in [0.2, 0.25) is 5.91 Å². The van der Waals surface area contributed by atoms with Gasteiger partial charge in [-0.2, -0.15) is 0 Å². The monoisotopic (exact) mass is 285 g/mol. The molecule has 0 aromatic heterocycles. The first-order valence-corrected chi connectivity index (χ1v) is 6.16. The van der Waals surface area contributed by atoms with Gasteiger partial charge in [-0.3, -0.25) is 4.79 Å². The quantitative estimate of drug-likeness (QED) is 0.498. The summed E-state index contributed by atoms with van der Waals surface area (Å²) in [5.41, 5.74) is 11.2. The van der Waals surface area contributed by atoms with Crippen molar-refractivity contribution in [3.63, 3.8) is 0 Å². The lowest BCUT2D eigenvalue weighted by Crippen LogP contribution is -2.54. The molecule has 17 heavy (non-hydrogen) atoms. The second-order valence-electron chi connectivity index (χ2n) is 4.06. The molecule has 1 fully saturated rings. The number of aliphatic hydroxyl groups excluding tert-OH is 1. The topological polar surface area (TPSA) is 111 Å². The minimum atomic E-state index is -0.980. The number of hydrogen-bond donors (Lipinski definition) is 4. The Hall–Kier alpha value is -0.110. The molecule has 6 N–H and O–H groups in total. The van der Waals surface area contributed by atoms with Crippen molar-refractivity contribution in [2.24, 2.45) is 11.5 Å². The Bertz CT molecular complexity index is 268. The zero-order chi connectivity index (χ0) is 13.0. The molecule has 1 heterocycles. The third kappa shape index (κ3) is 4.95. The van der Waals surface area contributed by atoms with Crippen molar-refractivity contribution < 1.29 is 14.6 Å². The number of carbonyl (C=O) groups is 1. The SMILES string of the molecule is NC(CC(Cl)Cl)C(=O)N[C@H]1COC(O)[C@H](N)C1. The molecule has 2 unspecified atom stereocenters. The van der Waals surface area contributed by atoms with E-state index in [2.05, 4.69) is 5.32 Å². The van der Waals surface area contributed by atoms with Crippen LogP contribution in [-0.2, 0) is 9.53 Å². The van der Waals surface area contributed by atoms with Crippen LogP contribution in [0.1, 0.15) is 12.8 Å². The van der Waals surface area contributed by atoms with Crippen LogP contribution < -0.4 is 16.8 Å². The molecule has 0 saturated carbocycles. The third-order valence-corrected chi connectivity index (χ3v) is 2.86. The van der Waals surface area contributed by atoms with Crippen LogP contribution in [-0.4, -0.2) is 46.9 Å². The van der Waals surface area contributed by atoms with Crippen LogP contribution in [0.15, 0.2) is 0 Å². The van der Waals surface area contributed by atoms with Crippen molar-refractivity contribution in [2.45, 2.75) is 42.1 Å². The number of aliphatic hydroxyl groups is 1. The lowest BCUT2D eigenvalue weighted by molar-refractivity contribution is -0.148. The first-order chi connectivity index (χ1) is 7.90. The minimum absolute atomic E-state index is 0.178. The van der Waals surface area contributed by atoms with Gasteiger partial charge in [-0.25, -0.2) is 0 Å². The highest BCUT2D eigenvalue weighted by atomic mass is 35.5. The van der Waals surface area contributed by atoms with Crippen LogP contribution in [0.4, 0.5) is 0 Å². The highest BCUT2D eigenvalue weighted by Crippen LogP contribution is 2.12. The van der Waals surface area contributed by atoms with E-state index in [1.807, 2.05) is 0 Å². The van der Waals surface area contributed by atoms with Gasteiger partial charge < -0.3 is 26.6 Å². The largest absolute Gasteiger partial charge is 0.367 e. The second-order valence-corrected chi connectivity index (χ2v) is 5.34. The predicted molar refractivity (Wildman–Crippen MR) is 64.6 cm³/mol. The lowest BCUT2D eigenvalue weighted by Gasteiger charge is -2.32. The zero-order valence-corrected chi connectivity index (χ0v) is 10.7. The van der Waals surface area contributed by atoms with Gasteiger partial charge in [0.1, 0.15) is 4.84 Å². The van der Waals surface area contributed by atoms with E-state index < -0.39 is 23.2 Å². The molecule has 1 rings (SSSR count). The summed E-state index contributed by atoms with van der Waals surface area (Å²) < 4.78 is 4.99. The maximum Gasteiger partial charge on any atom is 0.237 e. The number of hydrogen-bond acceptors (Lipinski definition) is 5. The Morgan fingerprint density at radius 1 is 1.59 bits per heavy atom. The Kier molecular flexibility index (Phi) is 5.91. The molecule has 1 aliphatic heterocycles. The number of carbonyl (C=O) groups excluding carboxylic acids is 1. The molecule has 6 nitrogen and oxygen atoms in total. The molecule has 0 spiro atoms. The van der Waals surface area contributed by atoms with Crippen molar-refractivity contribution in [3.8, 4) is 0 Å². The van der Waals surface area contributed by atoms with Crippen molar-refractivity contribution in [2.75, 3.05) is 6.61 Å². The number of nitrogens with one attached hydrogen (secondary N) is 1. The molecule has 8 heteroatoms. The molecule has 1 saturated heterocycles. The van der Waals surface area contributed by atoms with E-state index in [-0.39, 0.29) is 25.0 Å². The molecule has 0 aliphatic carbocycles. The van der Waals surface area contributed by atoms with Crippen molar-refractivity contribution >= 4 is 29.1 Å². The van der Waals surface area contributed by atoms with E-state index in [0.29, 0.717) is 6.42 Å². The number of ether oxygens (including phenoxy) is 1. The summed E-state index contributed by atoms with van der Waals surface area (Å²) in [5, 5.41) is 11.9. The van der Waals surface area contributed by atoms with Crippen LogP contribution in [0, 0.1) is 0 Å². The fourth-order valence-corrected chi connectivity index (χ4v) is 1.94. The highest BCUT2D eigenvalue weighted by molar-refractivity contribution is 6.44. The summed E-state index contributed by atoms with van der Waals surface area (Å²) >= 11 is 11.1. The van der Waals surface area contributed by atoms with Crippen LogP contribution in [0.3, 0.4) is 0 Å². The van der Waals surface area contributed by atoms with Gasteiger partial charge in [0.25, 0.3) is 0 Å². The van der Waals surface area contributed by atoms with Gasteiger partial charge in [-0.1, -0.05) is 0 Å². The fraction of sp³-hybridized carbons (Fsp3) is 0.889. The first-order valence-electron chi connectivity index (χ1n) is 5.29. The summed E-state index contributed by atoms with van der Waals surface area (Å²) in [6, 6.07) is -1.53. The van der Waals surface area contributed by atoms with Crippen molar-refractivity contribution in [1.82, 2.24) is 5.32 Å². The van der Waals surface area contributed by atoms with Gasteiger partial charge >= 0.3 is 0 Å². The van der Waals surface area contributed by atoms with Crippen LogP contribution >= 0.6 is 23.2 Å². The van der Waals surface area contributed by atoms with Gasteiger partial charge in [-0.15, -0.1) is 23.2 Å². The van der Waals surface area contributed by atoms with E-state index in [4.69, 9.17) is 39.4 Å². The normalized spacial score (nSPS) is 31.3. The molecule has 0 radical (unpaired) electrons. The van der Waals surface area contributed by atoms with E-state index >= 15 is 0 Å². The average molecular weight is 286 g/mol. The lowest BCUT2D eigenvalue weighted by atomic mass is 10.0. The standard InChI is InChI=1S/C9H17Cl2N3O3/c10-7(11)2-5(12)8(15)14-4-1-6(13)9(16)17-3-4/h4-7,9,16H,1-3,12-13H2,(H,14,15)/t4-,5?,6-,9?/m1/s1. The molecule has 0 bridgehead atoms. The summed E-state index contributed by atoms with van der Waals surface area (Å²) in [6.45, 7) is 0.207. The van der Waals surface area contributed by atoms with E-state index in [1.165, 1.54) is 0 Å². The number of halogens is 2. The summed E-state index contributed by atoms with van der Waals surface area (Å²) in [4.78, 5) is 10.9. The van der Waals surface area contributed by atoms with Crippen LogP contribution in [0.5, 0.6) is 0 Å². The third-order valence-electron chi connectivity index (χ3n) is 2.51. The van der Waals surface area contributed by atoms with Gasteiger partial charge in [0.05, 0.1) is 24.7 Å². The molecule has 0 aromatic rings. The molecule has 4 atom stereocenters. The number of rotatable bonds is 4. The van der Waals surface area contributed by atoms with Crippen LogP contribution in [0.25, 0.3) is 0 Å². The van der Waals surface area contributed by atoms with E-state index in [9.17, 15) is 9.90 Å². The summed E-state index contributed by atoms with van der Waals surface area (Å²) in [7, 11) is 0. The molecule has 1 amide bonds. The first kappa shape index (κ1) is 14.9. The fourth-order valence-electron chi connectivity index (χ4n) is 1.56. The Labute approximate surface area is 110 Å².